The van der Waals surface area contributed by atoms with Crippen molar-refractivity contribution in [2.24, 2.45) is 0 Å². The molecule has 0 bridgehead atoms. The number of rotatable bonds is 2. The van der Waals surface area contributed by atoms with Gasteiger partial charge in [-0.1, -0.05) is 35.2 Å². The van der Waals surface area contributed by atoms with Crippen molar-refractivity contribution < 1.29 is 4.74 Å². The fourth-order valence-electron chi connectivity index (χ4n) is 3.92. The summed E-state index contributed by atoms with van der Waals surface area (Å²) in [6.45, 7) is 0.880. The smallest absolute Gasteiger partial charge is 0.0702 e. The Morgan fingerprint density at radius 2 is 2.05 bits per heavy atom. The minimum Gasteiger partial charge on any atom is -0.397 e. The molecule has 1 spiro atoms. The van der Waals surface area contributed by atoms with Crippen LogP contribution < -0.4 is 10.6 Å². The van der Waals surface area contributed by atoms with Gasteiger partial charge in [0.1, 0.15) is 0 Å². The van der Waals surface area contributed by atoms with E-state index >= 15 is 0 Å². The van der Waals surface area contributed by atoms with E-state index in [0.717, 1.165) is 35.3 Å². The Balaban J connectivity index is 1.76. The highest BCUT2D eigenvalue weighted by Gasteiger charge is 2.39. The second-order valence-corrected chi connectivity index (χ2v) is 7.47. The maximum Gasteiger partial charge on any atom is 0.0702 e. The molecule has 1 heterocycles. The summed E-state index contributed by atoms with van der Waals surface area (Å²) < 4.78 is 7.24. The molecular weight excluding hydrogens is 328 g/mol. The molecule has 4 heteroatoms. The third-order valence-electron chi connectivity index (χ3n) is 5.15. The highest BCUT2D eigenvalue weighted by molar-refractivity contribution is 9.10. The molecule has 1 atom stereocenters. The van der Waals surface area contributed by atoms with Crippen LogP contribution in [0.4, 0.5) is 11.4 Å². The highest BCUT2D eigenvalue weighted by atomic mass is 79.9. The third kappa shape index (κ3) is 3.21. The summed E-state index contributed by atoms with van der Waals surface area (Å²) in [5.74, 6) is 0. The van der Waals surface area contributed by atoms with Gasteiger partial charge in [0, 0.05) is 24.2 Å². The van der Waals surface area contributed by atoms with Gasteiger partial charge in [-0.3, -0.25) is 0 Å². The van der Waals surface area contributed by atoms with Gasteiger partial charge in [-0.05, 0) is 43.9 Å². The standard InChI is InChI=1S/C17H25BrN2O/c1-20(16-6-5-13(18)11-15(16)19)14-7-10-21-17(12-14)8-3-2-4-9-17/h5-6,11,14H,2-4,7-10,12,19H2,1H3. The van der Waals surface area contributed by atoms with Crippen LogP contribution in [0.1, 0.15) is 44.9 Å². The average molecular weight is 353 g/mol. The van der Waals surface area contributed by atoms with E-state index in [0.29, 0.717) is 6.04 Å². The summed E-state index contributed by atoms with van der Waals surface area (Å²) in [7, 11) is 2.17. The van der Waals surface area contributed by atoms with Crippen molar-refractivity contribution in [3.05, 3.63) is 22.7 Å². The zero-order valence-electron chi connectivity index (χ0n) is 12.8. The van der Waals surface area contributed by atoms with Crippen molar-refractivity contribution in [3.8, 4) is 0 Å². The Labute approximate surface area is 136 Å². The number of nitrogens with two attached hydrogens (primary N) is 1. The molecule has 2 fully saturated rings. The van der Waals surface area contributed by atoms with Crippen molar-refractivity contribution in [3.63, 3.8) is 0 Å². The fourth-order valence-corrected chi connectivity index (χ4v) is 4.30. The molecule has 1 aromatic carbocycles. The summed E-state index contributed by atoms with van der Waals surface area (Å²) >= 11 is 3.48. The quantitative estimate of drug-likeness (QED) is 0.804. The summed E-state index contributed by atoms with van der Waals surface area (Å²) in [6.07, 6.45) is 8.69. The monoisotopic (exact) mass is 352 g/mol. The second-order valence-electron chi connectivity index (χ2n) is 6.55. The van der Waals surface area contributed by atoms with E-state index in [2.05, 4.69) is 40.0 Å². The van der Waals surface area contributed by atoms with Crippen LogP contribution in [0.5, 0.6) is 0 Å². The largest absolute Gasteiger partial charge is 0.397 e. The molecular formula is C17H25BrN2O. The molecule has 1 aliphatic carbocycles. The fraction of sp³-hybridized carbons (Fsp3) is 0.647. The lowest BCUT2D eigenvalue weighted by Gasteiger charge is -2.46. The van der Waals surface area contributed by atoms with Gasteiger partial charge in [-0.25, -0.2) is 0 Å². The number of benzene rings is 1. The number of hydrogen-bond acceptors (Lipinski definition) is 3. The topological polar surface area (TPSA) is 38.5 Å². The SMILES string of the molecule is CN(c1ccc(Br)cc1N)C1CCOC2(CCCCC2)C1. The molecule has 0 radical (unpaired) electrons. The minimum absolute atomic E-state index is 0.138. The molecule has 0 amide bonds. The molecule has 21 heavy (non-hydrogen) atoms. The maximum absolute atomic E-state index is 6.21. The van der Waals surface area contributed by atoms with Crippen molar-refractivity contribution in [1.29, 1.82) is 0 Å². The van der Waals surface area contributed by atoms with E-state index in [1.165, 1.54) is 32.1 Å². The Morgan fingerprint density at radius 1 is 1.29 bits per heavy atom. The predicted octanol–water partition coefficient (Wildman–Crippen LogP) is 4.35. The van der Waals surface area contributed by atoms with E-state index in [1.807, 2.05) is 6.07 Å². The van der Waals surface area contributed by atoms with Gasteiger partial charge in [-0.15, -0.1) is 0 Å². The van der Waals surface area contributed by atoms with Gasteiger partial charge in [0.25, 0.3) is 0 Å². The van der Waals surface area contributed by atoms with Crippen molar-refractivity contribution in [2.75, 3.05) is 24.3 Å². The molecule has 0 aromatic heterocycles. The first-order valence-electron chi connectivity index (χ1n) is 8.01. The molecule has 1 aromatic rings. The lowest BCUT2D eigenvalue weighted by molar-refractivity contribution is -0.105. The first kappa shape index (κ1) is 15.2. The molecule has 3 nitrogen and oxygen atoms in total. The van der Waals surface area contributed by atoms with Gasteiger partial charge in [0.2, 0.25) is 0 Å². The Bertz CT molecular complexity index is 494. The highest BCUT2D eigenvalue weighted by Crippen LogP contribution is 2.41. The predicted molar refractivity (Wildman–Crippen MR) is 91.7 cm³/mol. The number of nitrogen functional groups attached to an aromatic ring is 1. The first-order chi connectivity index (χ1) is 10.1. The van der Waals surface area contributed by atoms with Crippen LogP contribution in [0.15, 0.2) is 22.7 Å². The Kier molecular flexibility index (Phi) is 4.46. The normalized spacial score (nSPS) is 25.0. The van der Waals surface area contributed by atoms with Crippen molar-refractivity contribution in [1.82, 2.24) is 0 Å². The molecule has 2 N–H and O–H groups in total. The molecule has 116 valence electrons. The van der Waals surface area contributed by atoms with E-state index < -0.39 is 0 Å². The van der Waals surface area contributed by atoms with Crippen LogP contribution in [0.2, 0.25) is 0 Å². The van der Waals surface area contributed by atoms with Gasteiger partial charge in [0.15, 0.2) is 0 Å². The summed E-state index contributed by atoms with van der Waals surface area (Å²) in [5, 5.41) is 0. The number of ether oxygens (including phenoxy) is 1. The van der Waals surface area contributed by atoms with E-state index in [1.54, 1.807) is 0 Å². The van der Waals surface area contributed by atoms with Crippen LogP contribution in [-0.4, -0.2) is 25.3 Å². The van der Waals surface area contributed by atoms with Crippen molar-refractivity contribution >= 4 is 27.3 Å². The summed E-state index contributed by atoms with van der Waals surface area (Å²) in [5.41, 5.74) is 8.31. The van der Waals surface area contributed by atoms with E-state index in [4.69, 9.17) is 10.5 Å². The summed E-state index contributed by atoms with van der Waals surface area (Å²) in [4.78, 5) is 2.36. The van der Waals surface area contributed by atoms with Gasteiger partial charge in [-0.2, -0.15) is 0 Å². The lowest BCUT2D eigenvalue weighted by atomic mass is 9.78. The minimum atomic E-state index is 0.138. The molecule has 3 rings (SSSR count). The maximum atomic E-state index is 6.21. The number of hydrogen-bond donors (Lipinski definition) is 1. The number of nitrogens with zero attached hydrogens (tertiary/aromatic N) is 1. The molecule has 2 aliphatic rings. The molecule has 1 saturated heterocycles. The van der Waals surface area contributed by atoms with Crippen LogP contribution in [-0.2, 0) is 4.74 Å². The third-order valence-corrected chi connectivity index (χ3v) is 5.64. The Morgan fingerprint density at radius 3 is 2.76 bits per heavy atom. The second kappa shape index (κ2) is 6.17. The molecule has 1 unspecified atom stereocenters. The zero-order chi connectivity index (χ0) is 14.9. The summed E-state index contributed by atoms with van der Waals surface area (Å²) in [6, 6.07) is 6.70. The van der Waals surface area contributed by atoms with Gasteiger partial charge in [0.05, 0.1) is 17.0 Å². The molecule has 1 aliphatic heterocycles. The Hall–Kier alpha value is -0.740. The van der Waals surface area contributed by atoms with E-state index in [9.17, 15) is 0 Å². The lowest BCUT2D eigenvalue weighted by Crippen LogP contribution is -2.48. The van der Waals surface area contributed by atoms with E-state index in [-0.39, 0.29) is 5.60 Å². The van der Waals surface area contributed by atoms with Crippen molar-refractivity contribution in [2.45, 2.75) is 56.6 Å². The van der Waals surface area contributed by atoms with Crippen LogP contribution >= 0.6 is 15.9 Å². The van der Waals surface area contributed by atoms with Crippen LogP contribution in [0, 0.1) is 0 Å². The van der Waals surface area contributed by atoms with Gasteiger partial charge >= 0.3 is 0 Å². The van der Waals surface area contributed by atoms with Crippen LogP contribution in [0.3, 0.4) is 0 Å². The number of halogens is 1. The number of anilines is 2. The molecule has 1 saturated carbocycles. The van der Waals surface area contributed by atoms with Crippen LogP contribution in [0.25, 0.3) is 0 Å². The average Bonchev–Trinajstić information content (AvgIpc) is 2.47. The first-order valence-corrected chi connectivity index (χ1v) is 8.81. The zero-order valence-corrected chi connectivity index (χ0v) is 14.4. The van der Waals surface area contributed by atoms with Gasteiger partial charge < -0.3 is 15.4 Å².